The molecule has 0 aliphatic carbocycles. The Morgan fingerprint density at radius 3 is 2.79 bits per heavy atom. The number of ether oxygens (including phenoxy) is 1. The number of methoxy groups -OCH3 is 1. The molecule has 188 valence electrons. The SMILES string of the molecule is COC(=O)NC1Cc2ccccc2N(C(=O)CC(C)(C)C[C@H](N)[C@@H](O)CN2CCCNC2=O)C1. The number of hydrogen-bond donors (Lipinski definition) is 4. The summed E-state index contributed by atoms with van der Waals surface area (Å²) < 4.78 is 4.72. The number of β-amino-alcohol motifs (C(OH)–C–C–N with tert-alkyl or cyclic N) is 1. The molecule has 2 heterocycles. The summed E-state index contributed by atoms with van der Waals surface area (Å²) in [6, 6.07) is 6.64. The maximum Gasteiger partial charge on any atom is 0.407 e. The zero-order valence-electron chi connectivity index (χ0n) is 20.3. The summed E-state index contributed by atoms with van der Waals surface area (Å²) in [5, 5.41) is 16.2. The van der Waals surface area contributed by atoms with Crippen LogP contribution in [0.2, 0.25) is 0 Å². The molecule has 1 unspecified atom stereocenters. The Balaban J connectivity index is 1.63. The maximum atomic E-state index is 13.4. The molecule has 1 saturated heterocycles. The Hall–Kier alpha value is -2.85. The summed E-state index contributed by atoms with van der Waals surface area (Å²) in [5.74, 6) is -0.0779. The van der Waals surface area contributed by atoms with Gasteiger partial charge in [-0.1, -0.05) is 32.0 Å². The minimum atomic E-state index is -0.887. The molecular weight excluding hydrogens is 438 g/mol. The van der Waals surface area contributed by atoms with Crippen molar-refractivity contribution in [1.82, 2.24) is 15.5 Å². The van der Waals surface area contributed by atoms with Gasteiger partial charge in [0.2, 0.25) is 5.91 Å². The topological polar surface area (TPSA) is 137 Å². The standard InChI is InChI=1S/C24H37N5O5/c1-24(2,12-18(25)20(30)15-28-10-6-9-26-22(28)32)13-21(31)29-14-17(27-23(33)34-3)11-16-7-4-5-8-19(16)29/h4-5,7-8,17-18,20,30H,6,9-15,25H2,1-3H3,(H,26,32)(H,27,33)/t17?,18-,20-/m0/s1. The number of nitrogens with zero attached hydrogens (tertiary/aromatic N) is 2. The summed E-state index contributed by atoms with van der Waals surface area (Å²) in [6.45, 7) is 5.64. The van der Waals surface area contributed by atoms with E-state index in [-0.39, 0.29) is 30.9 Å². The van der Waals surface area contributed by atoms with Gasteiger partial charge < -0.3 is 36.0 Å². The molecule has 5 N–H and O–H groups in total. The zero-order valence-corrected chi connectivity index (χ0v) is 20.3. The number of amides is 4. The average Bonchev–Trinajstić information content (AvgIpc) is 2.79. The first-order valence-electron chi connectivity index (χ1n) is 11.8. The number of benzene rings is 1. The highest BCUT2D eigenvalue weighted by Crippen LogP contribution is 2.32. The molecule has 10 nitrogen and oxygen atoms in total. The summed E-state index contributed by atoms with van der Waals surface area (Å²) in [7, 11) is 1.31. The Morgan fingerprint density at radius 2 is 2.09 bits per heavy atom. The molecule has 0 aromatic heterocycles. The van der Waals surface area contributed by atoms with E-state index in [1.807, 2.05) is 38.1 Å². The molecule has 0 saturated carbocycles. The smallest absolute Gasteiger partial charge is 0.407 e. The number of alkyl carbamates (subject to hydrolysis) is 1. The number of nitrogens with one attached hydrogen (secondary N) is 2. The van der Waals surface area contributed by atoms with Crippen molar-refractivity contribution in [2.75, 3.05) is 38.2 Å². The van der Waals surface area contributed by atoms with Crippen molar-refractivity contribution in [3.05, 3.63) is 29.8 Å². The van der Waals surface area contributed by atoms with Crippen LogP contribution in [0.1, 0.15) is 38.7 Å². The number of para-hydroxylation sites is 1. The van der Waals surface area contributed by atoms with Gasteiger partial charge >= 0.3 is 12.1 Å². The fourth-order valence-corrected chi connectivity index (χ4v) is 4.72. The average molecular weight is 476 g/mol. The number of carbonyl (C=O) groups is 3. The predicted octanol–water partition coefficient (Wildman–Crippen LogP) is 1.21. The van der Waals surface area contributed by atoms with Crippen LogP contribution in [0.4, 0.5) is 15.3 Å². The quantitative estimate of drug-likeness (QED) is 0.446. The molecule has 3 atom stereocenters. The minimum absolute atomic E-state index is 0.0779. The summed E-state index contributed by atoms with van der Waals surface area (Å²) in [6.07, 6.45) is 0.657. The van der Waals surface area contributed by atoms with Gasteiger partial charge in [-0.3, -0.25) is 4.79 Å². The van der Waals surface area contributed by atoms with Crippen molar-refractivity contribution >= 4 is 23.7 Å². The van der Waals surface area contributed by atoms with E-state index in [9.17, 15) is 19.5 Å². The van der Waals surface area contributed by atoms with Crippen molar-refractivity contribution in [3.8, 4) is 0 Å². The Bertz CT molecular complexity index is 892. The highest BCUT2D eigenvalue weighted by atomic mass is 16.5. The second-order valence-corrected chi connectivity index (χ2v) is 9.98. The Kier molecular flexibility index (Phi) is 8.37. The first-order valence-corrected chi connectivity index (χ1v) is 11.8. The molecule has 2 aliphatic heterocycles. The highest BCUT2D eigenvalue weighted by Gasteiger charge is 2.34. The molecule has 3 rings (SSSR count). The third-order valence-corrected chi connectivity index (χ3v) is 6.45. The van der Waals surface area contributed by atoms with Crippen LogP contribution in [0.3, 0.4) is 0 Å². The molecule has 2 aliphatic rings. The van der Waals surface area contributed by atoms with Crippen LogP contribution in [0.5, 0.6) is 0 Å². The van der Waals surface area contributed by atoms with Crippen molar-refractivity contribution in [1.29, 1.82) is 0 Å². The van der Waals surface area contributed by atoms with E-state index in [1.54, 1.807) is 9.80 Å². The number of rotatable bonds is 8. The largest absolute Gasteiger partial charge is 0.453 e. The third kappa shape index (κ3) is 6.60. The van der Waals surface area contributed by atoms with Gasteiger partial charge in [0.1, 0.15) is 0 Å². The molecular formula is C24H37N5O5. The number of carbonyl (C=O) groups excluding carboxylic acids is 3. The lowest BCUT2D eigenvalue weighted by Crippen LogP contribution is -2.53. The van der Waals surface area contributed by atoms with Crippen LogP contribution in [0, 0.1) is 5.41 Å². The molecule has 10 heteroatoms. The van der Waals surface area contributed by atoms with Crippen LogP contribution in [0.25, 0.3) is 0 Å². The number of fused-ring (bicyclic) bond motifs is 1. The Labute approximate surface area is 200 Å². The Morgan fingerprint density at radius 1 is 1.35 bits per heavy atom. The van der Waals surface area contributed by atoms with Gasteiger partial charge in [-0.15, -0.1) is 0 Å². The van der Waals surface area contributed by atoms with Gasteiger partial charge in [0.05, 0.1) is 19.3 Å². The van der Waals surface area contributed by atoms with E-state index in [0.717, 1.165) is 17.7 Å². The van der Waals surface area contributed by atoms with Crippen molar-refractivity contribution in [2.45, 2.75) is 57.7 Å². The molecule has 1 aromatic rings. The normalized spacial score (nSPS) is 20.1. The number of urea groups is 1. The van der Waals surface area contributed by atoms with Crippen LogP contribution < -0.4 is 21.3 Å². The molecule has 0 bridgehead atoms. The first-order chi connectivity index (χ1) is 16.1. The van der Waals surface area contributed by atoms with Crippen LogP contribution in [0.15, 0.2) is 24.3 Å². The maximum absolute atomic E-state index is 13.4. The molecule has 1 fully saturated rings. The lowest BCUT2D eigenvalue weighted by atomic mass is 9.80. The van der Waals surface area contributed by atoms with Crippen LogP contribution >= 0.6 is 0 Å². The highest BCUT2D eigenvalue weighted by molar-refractivity contribution is 5.95. The number of aliphatic hydroxyl groups excluding tert-OH is 1. The monoisotopic (exact) mass is 475 g/mol. The van der Waals surface area contributed by atoms with Crippen molar-refractivity contribution < 1.29 is 24.2 Å². The lowest BCUT2D eigenvalue weighted by Gasteiger charge is -2.37. The van der Waals surface area contributed by atoms with Gasteiger partial charge in [-0.2, -0.15) is 0 Å². The van der Waals surface area contributed by atoms with E-state index in [0.29, 0.717) is 32.5 Å². The summed E-state index contributed by atoms with van der Waals surface area (Å²) in [4.78, 5) is 40.4. The third-order valence-electron chi connectivity index (χ3n) is 6.45. The van der Waals surface area contributed by atoms with Crippen molar-refractivity contribution in [3.63, 3.8) is 0 Å². The summed E-state index contributed by atoms with van der Waals surface area (Å²) in [5.41, 5.74) is 7.63. The zero-order chi connectivity index (χ0) is 24.9. The summed E-state index contributed by atoms with van der Waals surface area (Å²) >= 11 is 0. The molecule has 4 amide bonds. The van der Waals surface area contributed by atoms with Crippen molar-refractivity contribution in [2.24, 2.45) is 11.1 Å². The second kappa shape index (κ2) is 11.1. The van der Waals surface area contributed by atoms with E-state index in [4.69, 9.17) is 10.5 Å². The lowest BCUT2D eigenvalue weighted by molar-refractivity contribution is -0.120. The first kappa shape index (κ1) is 25.8. The van der Waals surface area contributed by atoms with Gasteiger partial charge in [0.25, 0.3) is 0 Å². The molecule has 34 heavy (non-hydrogen) atoms. The second-order valence-electron chi connectivity index (χ2n) is 9.98. The van der Waals surface area contributed by atoms with Crippen LogP contribution in [-0.2, 0) is 16.0 Å². The fraction of sp³-hybridized carbons (Fsp3) is 0.625. The van der Waals surface area contributed by atoms with Gasteiger partial charge in [-0.05, 0) is 36.3 Å². The number of aliphatic hydroxyl groups is 1. The van der Waals surface area contributed by atoms with E-state index >= 15 is 0 Å². The van der Waals surface area contributed by atoms with E-state index in [2.05, 4.69) is 10.6 Å². The van der Waals surface area contributed by atoms with Gasteiger partial charge in [0.15, 0.2) is 0 Å². The predicted molar refractivity (Wildman–Crippen MR) is 128 cm³/mol. The van der Waals surface area contributed by atoms with Gasteiger partial charge in [0, 0.05) is 44.3 Å². The number of hydrogen-bond acceptors (Lipinski definition) is 6. The van der Waals surface area contributed by atoms with E-state index in [1.165, 1.54) is 7.11 Å². The molecule has 1 aromatic carbocycles. The molecule has 0 radical (unpaired) electrons. The van der Waals surface area contributed by atoms with E-state index < -0.39 is 23.7 Å². The minimum Gasteiger partial charge on any atom is -0.453 e. The number of anilines is 1. The van der Waals surface area contributed by atoms with Crippen LogP contribution in [-0.4, -0.2) is 79.5 Å². The number of nitrogens with two attached hydrogens (primary N) is 1. The fourth-order valence-electron chi connectivity index (χ4n) is 4.72. The van der Waals surface area contributed by atoms with Gasteiger partial charge in [-0.25, -0.2) is 9.59 Å². The molecule has 0 spiro atoms.